The number of rotatable bonds is 9. The number of anilines is 1. The van der Waals surface area contributed by atoms with E-state index in [4.69, 9.17) is 9.47 Å². The molecule has 0 saturated heterocycles. The number of Topliss-reactive ketones (excluding diaryl/α,β-unsaturated/α-hetero) is 1. The zero-order valence-electron chi connectivity index (χ0n) is 18.4. The molecule has 0 spiro atoms. The van der Waals surface area contributed by atoms with Gasteiger partial charge in [0, 0.05) is 11.1 Å². The second-order valence-electron chi connectivity index (χ2n) is 7.12. The molecule has 0 radical (unpaired) electrons. The smallest absolute Gasteiger partial charge is 0.261 e. The van der Waals surface area contributed by atoms with Gasteiger partial charge in [-0.25, -0.2) is 8.42 Å². The van der Waals surface area contributed by atoms with Crippen molar-refractivity contribution >= 4 is 21.5 Å². The molecule has 1 aromatic heterocycles. The highest BCUT2D eigenvalue weighted by molar-refractivity contribution is 7.92. The summed E-state index contributed by atoms with van der Waals surface area (Å²) in [5.74, 6) is 1.16. The highest BCUT2D eigenvalue weighted by atomic mass is 32.2. The van der Waals surface area contributed by atoms with Gasteiger partial charge >= 0.3 is 0 Å². The lowest BCUT2D eigenvalue weighted by Crippen LogP contribution is -2.14. The molecule has 0 amide bonds. The van der Waals surface area contributed by atoms with Crippen molar-refractivity contribution in [3.8, 4) is 22.9 Å². The number of nitrogens with one attached hydrogen (secondary N) is 1. The van der Waals surface area contributed by atoms with Crippen LogP contribution in [0.2, 0.25) is 0 Å². The molecule has 0 atom stereocenters. The van der Waals surface area contributed by atoms with Crippen LogP contribution in [0, 0.1) is 0 Å². The minimum atomic E-state index is -3.88. The lowest BCUT2D eigenvalue weighted by molar-refractivity contribution is 0.0961. The van der Waals surface area contributed by atoms with Crippen LogP contribution in [-0.4, -0.2) is 48.6 Å². The molecule has 4 aromatic rings. The topological polar surface area (TPSA) is 125 Å². The summed E-state index contributed by atoms with van der Waals surface area (Å²) in [4.78, 5) is 13.8. The summed E-state index contributed by atoms with van der Waals surface area (Å²) in [5.41, 5.74) is 1.18. The SMILES string of the molecule is COc1ccc(C(=O)Cn2nnc(-c3ccccc3NS(=O)(=O)c3ccc(OC)cc3)n2)cc1. The standard InChI is InChI=1S/C23H21N5O5S/c1-32-17-9-7-16(8-10-17)22(29)15-28-25-23(24-27-28)20-5-3-4-6-21(20)26-34(30,31)19-13-11-18(33-2)12-14-19/h3-14,26H,15H2,1-2H3. The Bertz CT molecular complexity index is 1400. The first-order valence-corrected chi connectivity index (χ1v) is 11.6. The molecule has 174 valence electrons. The number of nitrogens with zero attached hydrogens (tertiary/aromatic N) is 4. The fourth-order valence-electron chi connectivity index (χ4n) is 3.14. The number of hydrogen-bond acceptors (Lipinski definition) is 8. The first-order chi connectivity index (χ1) is 16.4. The Morgan fingerprint density at radius 3 is 2.18 bits per heavy atom. The summed E-state index contributed by atoms with van der Waals surface area (Å²) in [6.45, 7) is -0.126. The van der Waals surface area contributed by atoms with Crippen molar-refractivity contribution in [1.29, 1.82) is 0 Å². The molecule has 1 heterocycles. The van der Waals surface area contributed by atoms with Crippen molar-refractivity contribution in [3.05, 3.63) is 78.4 Å². The number of carbonyl (C=O) groups excluding carboxylic acids is 1. The molecule has 0 aliphatic heterocycles. The Hall–Kier alpha value is -4.25. The molecule has 34 heavy (non-hydrogen) atoms. The highest BCUT2D eigenvalue weighted by Crippen LogP contribution is 2.27. The van der Waals surface area contributed by atoms with E-state index in [9.17, 15) is 13.2 Å². The van der Waals surface area contributed by atoms with Gasteiger partial charge in [-0.05, 0) is 65.9 Å². The molecule has 1 N–H and O–H groups in total. The second-order valence-corrected chi connectivity index (χ2v) is 8.80. The summed E-state index contributed by atoms with van der Waals surface area (Å²) < 4.78 is 38.5. The third kappa shape index (κ3) is 5.04. The Morgan fingerprint density at radius 2 is 1.53 bits per heavy atom. The number of para-hydroxylation sites is 1. The zero-order valence-corrected chi connectivity index (χ0v) is 19.2. The van der Waals surface area contributed by atoms with Gasteiger partial charge in [0.1, 0.15) is 18.0 Å². The van der Waals surface area contributed by atoms with Gasteiger partial charge < -0.3 is 9.47 Å². The number of tetrazole rings is 1. The Labute approximate surface area is 196 Å². The number of ketones is 1. The lowest BCUT2D eigenvalue weighted by atomic mass is 10.1. The average Bonchev–Trinajstić information content (AvgIpc) is 3.32. The molecule has 0 saturated carbocycles. The van der Waals surface area contributed by atoms with Gasteiger partial charge in [0.2, 0.25) is 5.82 Å². The van der Waals surface area contributed by atoms with Crippen LogP contribution in [-0.2, 0) is 16.6 Å². The van der Waals surface area contributed by atoms with Crippen LogP contribution in [0.1, 0.15) is 10.4 Å². The van der Waals surface area contributed by atoms with E-state index < -0.39 is 10.0 Å². The van der Waals surface area contributed by atoms with Gasteiger partial charge in [-0.1, -0.05) is 12.1 Å². The third-order valence-corrected chi connectivity index (χ3v) is 6.31. The normalized spacial score (nSPS) is 11.1. The number of benzene rings is 3. The molecule has 0 fully saturated rings. The molecule has 3 aromatic carbocycles. The summed E-state index contributed by atoms with van der Waals surface area (Å²) in [7, 11) is -0.825. The third-order valence-electron chi connectivity index (χ3n) is 4.93. The van der Waals surface area contributed by atoms with Crippen LogP contribution in [0.25, 0.3) is 11.4 Å². The van der Waals surface area contributed by atoms with Crippen LogP contribution in [0.15, 0.2) is 77.7 Å². The Kier molecular flexibility index (Phi) is 6.55. The van der Waals surface area contributed by atoms with Gasteiger partial charge in [-0.2, -0.15) is 4.80 Å². The first kappa shape index (κ1) is 22.9. The molecule has 0 aliphatic rings. The van der Waals surface area contributed by atoms with Gasteiger partial charge in [0.25, 0.3) is 10.0 Å². The van der Waals surface area contributed by atoms with Crippen molar-refractivity contribution in [2.75, 3.05) is 18.9 Å². The largest absolute Gasteiger partial charge is 0.497 e. The average molecular weight is 480 g/mol. The van der Waals surface area contributed by atoms with E-state index in [0.29, 0.717) is 22.6 Å². The molecule has 0 bridgehead atoms. The van der Waals surface area contributed by atoms with Gasteiger partial charge in [-0.15, -0.1) is 10.2 Å². The number of ether oxygens (including phenoxy) is 2. The van der Waals surface area contributed by atoms with Crippen LogP contribution >= 0.6 is 0 Å². The molecular formula is C23H21N5O5S. The summed E-state index contributed by atoms with van der Waals surface area (Å²) >= 11 is 0. The minimum Gasteiger partial charge on any atom is -0.497 e. The van der Waals surface area contributed by atoms with Gasteiger partial charge in [0.15, 0.2) is 5.78 Å². The molecule has 0 aliphatic carbocycles. The number of carbonyl (C=O) groups is 1. The fraction of sp³-hybridized carbons (Fsp3) is 0.130. The predicted octanol–water partition coefficient (Wildman–Crippen LogP) is 3.04. The maximum atomic E-state index is 12.9. The Balaban J connectivity index is 1.54. The van der Waals surface area contributed by atoms with Crippen LogP contribution in [0.4, 0.5) is 5.69 Å². The van der Waals surface area contributed by atoms with Crippen molar-refractivity contribution < 1.29 is 22.7 Å². The van der Waals surface area contributed by atoms with Gasteiger partial charge in [-0.3, -0.25) is 9.52 Å². The number of aromatic nitrogens is 4. The maximum absolute atomic E-state index is 12.9. The summed E-state index contributed by atoms with van der Waals surface area (Å²) in [6, 6.07) is 19.4. The first-order valence-electron chi connectivity index (χ1n) is 10.1. The molecular weight excluding hydrogens is 458 g/mol. The van der Waals surface area contributed by atoms with Crippen LogP contribution < -0.4 is 14.2 Å². The zero-order chi connectivity index (χ0) is 24.1. The molecule has 4 rings (SSSR count). The second kappa shape index (κ2) is 9.71. The summed E-state index contributed by atoms with van der Waals surface area (Å²) in [6.07, 6.45) is 0. The van der Waals surface area contributed by atoms with E-state index in [-0.39, 0.29) is 28.7 Å². The van der Waals surface area contributed by atoms with E-state index in [1.54, 1.807) is 67.8 Å². The van der Waals surface area contributed by atoms with E-state index in [0.717, 1.165) is 4.80 Å². The number of hydrogen-bond donors (Lipinski definition) is 1. The minimum absolute atomic E-state index is 0.0739. The van der Waals surface area contributed by atoms with Crippen molar-refractivity contribution in [1.82, 2.24) is 20.2 Å². The molecule has 11 heteroatoms. The van der Waals surface area contributed by atoms with Crippen LogP contribution in [0.5, 0.6) is 11.5 Å². The van der Waals surface area contributed by atoms with E-state index in [2.05, 4.69) is 20.1 Å². The quantitative estimate of drug-likeness (QED) is 0.363. The monoisotopic (exact) mass is 479 g/mol. The van der Waals surface area contributed by atoms with Gasteiger partial charge in [0.05, 0.1) is 24.8 Å². The van der Waals surface area contributed by atoms with E-state index in [1.807, 2.05) is 0 Å². The fourth-order valence-corrected chi connectivity index (χ4v) is 4.22. The Morgan fingerprint density at radius 1 is 0.912 bits per heavy atom. The highest BCUT2D eigenvalue weighted by Gasteiger charge is 2.19. The number of methoxy groups -OCH3 is 2. The molecule has 10 nitrogen and oxygen atoms in total. The number of sulfonamides is 1. The predicted molar refractivity (Wildman–Crippen MR) is 124 cm³/mol. The lowest BCUT2D eigenvalue weighted by Gasteiger charge is -2.11. The van der Waals surface area contributed by atoms with Crippen LogP contribution in [0.3, 0.4) is 0 Å². The molecule has 0 unspecified atom stereocenters. The van der Waals surface area contributed by atoms with E-state index in [1.165, 1.54) is 19.2 Å². The van der Waals surface area contributed by atoms with Crippen molar-refractivity contribution in [3.63, 3.8) is 0 Å². The van der Waals surface area contributed by atoms with Crippen molar-refractivity contribution in [2.45, 2.75) is 11.4 Å². The summed E-state index contributed by atoms with van der Waals surface area (Å²) in [5, 5.41) is 12.2. The maximum Gasteiger partial charge on any atom is 0.261 e. The van der Waals surface area contributed by atoms with Crippen molar-refractivity contribution in [2.24, 2.45) is 0 Å². The van der Waals surface area contributed by atoms with E-state index >= 15 is 0 Å².